The van der Waals surface area contributed by atoms with Crippen LogP contribution in [0.3, 0.4) is 0 Å². The van der Waals surface area contributed by atoms with Crippen molar-refractivity contribution in [1.29, 1.82) is 0 Å². The Morgan fingerprint density at radius 3 is 2.42 bits per heavy atom. The first-order valence-corrected chi connectivity index (χ1v) is 12.7. The summed E-state index contributed by atoms with van der Waals surface area (Å²) in [6.45, 7) is 4.72. The van der Waals surface area contributed by atoms with Crippen molar-refractivity contribution in [2.75, 3.05) is 39.1 Å². The van der Waals surface area contributed by atoms with Gasteiger partial charge in [0.25, 0.3) is 11.8 Å². The Bertz CT molecular complexity index is 927. The first-order chi connectivity index (χ1) is 15.6. The number of hydrogen-bond acceptors (Lipinski definition) is 9. The Balaban J connectivity index is 1.85. The van der Waals surface area contributed by atoms with Crippen molar-refractivity contribution >= 4 is 30.9 Å². The Morgan fingerprint density at radius 1 is 1.12 bits per heavy atom. The van der Waals surface area contributed by atoms with Gasteiger partial charge in [-0.2, -0.15) is 0 Å². The molecule has 0 aliphatic carbocycles. The number of Topliss-reactive ketones (excluding diaryl/α,β-unsaturated/α-hetero) is 1. The number of imide groups is 1. The molecule has 1 aliphatic rings. The fourth-order valence-corrected chi connectivity index (χ4v) is 5.34. The lowest BCUT2D eigenvalue weighted by molar-refractivity contribution is -0.196. The van der Waals surface area contributed by atoms with Crippen molar-refractivity contribution in [2.45, 2.75) is 39.7 Å². The van der Waals surface area contributed by atoms with E-state index in [4.69, 9.17) is 9.57 Å². The molecule has 182 valence electrons. The largest absolute Gasteiger partial charge is 0.379 e. The maximum absolute atomic E-state index is 13.6. The SMILES string of the molecule is CCC(=O)CCP(=O)(CCOCCn1cc(C)nn1)N(C)CCC(=O)ON1C(=O)C=CC1=O. The van der Waals surface area contributed by atoms with E-state index in [9.17, 15) is 23.7 Å². The molecule has 1 aromatic heterocycles. The van der Waals surface area contributed by atoms with Crippen LogP contribution in [0.25, 0.3) is 0 Å². The smallest absolute Gasteiger partial charge is 0.334 e. The quantitative estimate of drug-likeness (QED) is 0.201. The second kappa shape index (κ2) is 12.5. The summed E-state index contributed by atoms with van der Waals surface area (Å²) in [5.74, 6) is -2.26. The van der Waals surface area contributed by atoms with Gasteiger partial charge < -0.3 is 14.1 Å². The molecule has 1 aromatic rings. The third kappa shape index (κ3) is 8.30. The molecule has 0 spiro atoms. The third-order valence-corrected chi connectivity index (χ3v) is 8.31. The van der Waals surface area contributed by atoms with Crippen molar-refractivity contribution in [3.63, 3.8) is 0 Å². The molecule has 0 saturated carbocycles. The summed E-state index contributed by atoms with van der Waals surface area (Å²) in [5.41, 5.74) is 0.801. The zero-order valence-corrected chi connectivity index (χ0v) is 20.0. The molecule has 13 heteroatoms. The third-order valence-electron chi connectivity index (χ3n) is 5.06. The monoisotopic (exact) mass is 483 g/mol. The zero-order chi connectivity index (χ0) is 24.4. The summed E-state index contributed by atoms with van der Waals surface area (Å²) in [6, 6.07) is 0. The van der Waals surface area contributed by atoms with Crippen molar-refractivity contribution in [1.82, 2.24) is 24.7 Å². The lowest BCUT2D eigenvalue weighted by Gasteiger charge is -2.28. The fourth-order valence-electron chi connectivity index (χ4n) is 2.96. The van der Waals surface area contributed by atoms with Crippen LogP contribution in [0, 0.1) is 6.92 Å². The molecule has 1 aliphatic heterocycles. The van der Waals surface area contributed by atoms with Crippen LogP contribution in [-0.2, 0) is 39.9 Å². The van der Waals surface area contributed by atoms with E-state index in [1.54, 1.807) is 29.5 Å². The van der Waals surface area contributed by atoms with E-state index >= 15 is 0 Å². The number of nitrogens with zero attached hydrogens (tertiary/aromatic N) is 5. The first-order valence-electron chi connectivity index (χ1n) is 10.7. The minimum Gasteiger partial charge on any atom is -0.379 e. The summed E-state index contributed by atoms with van der Waals surface area (Å²) >= 11 is 0. The molecule has 2 amide bonds. The second-order valence-electron chi connectivity index (χ2n) is 7.57. The zero-order valence-electron chi connectivity index (χ0n) is 19.1. The minimum absolute atomic E-state index is 0.00376. The fraction of sp³-hybridized carbons (Fsp3) is 0.600. The van der Waals surface area contributed by atoms with E-state index in [0.717, 1.165) is 17.8 Å². The molecule has 0 saturated heterocycles. The molecule has 1 atom stereocenters. The van der Waals surface area contributed by atoms with E-state index in [-0.39, 0.29) is 44.1 Å². The van der Waals surface area contributed by atoms with Crippen LogP contribution in [0.4, 0.5) is 0 Å². The predicted octanol–water partition coefficient (Wildman–Crippen LogP) is 0.956. The van der Waals surface area contributed by atoms with Gasteiger partial charge in [-0.1, -0.05) is 17.2 Å². The Hall–Kier alpha value is -2.69. The molecule has 0 N–H and O–H groups in total. The molecular weight excluding hydrogens is 453 g/mol. The van der Waals surface area contributed by atoms with E-state index in [1.165, 1.54) is 0 Å². The van der Waals surface area contributed by atoms with Gasteiger partial charge in [0.1, 0.15) is 5.78 Å². The number of ether oxygens (including phenoxy) is 1. The lowest BCUT2D eigenvalue weighted by Crippen LogP contribution is -2.34. The van der Waals surface area contributed by atoms with E-state index in [2.05, 4.69) is 10.3 Å². The van der Waals surface area contributed by atoms with Crippen molar-refractivity contribution in [2.24, 2.45) is 0 Å². The molecule has 2 rings (SSSR count). The average molecular weight is 483 g/mol. The highest BCUT2D eigenvalue weighted by atomic mass is 31.2. The lowest BCUT2D eigenvalue weighted by atomic mass is 10.2. The Kier molecular flexibility index (Phi) is 10.1. The molecule has 0 aromatic carbocycles. The van der Waals surface area contributed by atoms with Gasteiger partial charge in [0.2, 0.25) is 0 Å². The normalized spacial score (nSPS) is 15.3. The number of hydrogen-bond donors (Lipinski definition) is 0. The van der Waals surface area contributed by atoms with Crippen LogP contribution in [-0.4, -0.2) is 87.4 Å². The van der Waals surface area contributed by atoms with Gasteiger partial charge in [0, 0.05) is 50.1 Å². The number of carbonyl (C=O) groups excluding carboxylic acids is 4. The molecule has 2 heterocycles. The summed E-state index contributed by atoms with van der Waals surface area (Å²) in [6.07, 6.45) is 4.51. The Labute approximate surface area is 192 Å². The number of aryl methyl sites for hydroxylation is 1. The highest BCUT2D eigenvalue weighted by Crippen LogP contribution is 2.49. The van der Waals surface area contributed by atoms with Gasteiger partial charge in [-0.25, -0.2) is 9.48 Å². The van der Waals surface area contributed by atoms with Crippen LogP contribution in [0.2, 0.25) is 0 Å². The van der Waals surface area contributed by atoms with E-state index < -0.39 is 25.1 Å². The standard InChI is InChI=1S/C20H30N5O7P/c1-4-17(26)8-13-33(30,14-12-31-11-10-24-15-16(2)21-22-24)23(3)9-7-20(29)32-25-18(27)5-6-19(25)28/h5-6,15H,4,7-14H2,1-3H3. The Morgan fingerprint density at radius 2 is 1.82 bits per heavy atom. The number of carbonyl (C=O) groups is 4. The number of hydroxylamine groups is 2. The molecule has 33 heavy (non-hydrogen) atoms. The topological polar surface area (TPSA) is 141 Å². The van der Waals surface area contributed by atoms with Gasteiger partial charge in [-0.05, 0) is 14.0 Å². The predicted molar refractivity (Wildman–Crippen MR) is 117 cm³/mol. The van der Waals surface area contributed by atoms with E-state index in [0.29, 0.717) is 24.6 Å². The summed E-state index contributed by atoms with van der Waals surface area (Å²) in [7, 11) is -1.41. The van der Waals surface area contributed by atoms with Crippen molar-refractivity contribution in [3.05, 3.63) is 24.0 Å². The number of amides is 2. The molecule has 0 bridgehead atoms. The molecular formula is C20H30N5O7P. The molecule has 12 nitrogen and oxygen atoms in total. The number of rotatable bonds is 15. The van der Waals surface area contributed by atoms with Gasteiger partial charge in [-0.15, -0.1) is 5.10 Å². The van der Waals surface area contributed by atoms with Gasteiger partial charge in [0.15, 0.2) is 7.29 Å². The second-order valence-corrected chi connectivity index (χ2v) is 10.8. The van der Waals surface area contributed by atoms with Crippen LogP contribution >= 0.6 is 7.29 Å². The van der Waals surface area contributed by atoms with Gasteiger partial charge >= 0.3 is 5.97 Å². The minimum atomic E-state index is -3.02. The van der Waals surface area contributed by atoms with E-state index in [1.807, 2.05) is 6.92 Å². The highest BCUT2D eigenvalue weighted by molar-refractivity contribution is 7.61. The van der Waals surface area contributed by atoms with Crippen LogP contribution in [0.1, 0.15) is 31.9 Å². The number of ketones is 1. The first kappa shape index (κ1) is 26.6. The highest BCUT2D eigenvalue weighted by Gasteiger charge is 2.31. The molecule has 1 unspecified atom stereocenters. The maximum atomic E-state index is 13.6. The maximum Gasteiger partial charge on any atom is 0.334 e. The van der Waals surface area contributed by atoms with Crippen LogP contribution < -0.4 is 0 Å². The van der Waals surface area contributed by atoms with Crippen molar-refractivity contribution < 1.29 is 33.3 Å². The molecule has 0 radical (unpaired) electrons. The molecule has 0 fully saturated rings. The van der Waals surface area contributed by atoms with Gasteiger partial charge in [-0.3, -0.25) is 19.1 Å². The van der Waals surface area contributed by atoms with Crippen LogP contribution in [0.5, 0.6) is 0 Å². The van der Waals surface area contributed by atoms with Gasteiger partial charge in [0.05, 0.1) is 31.9 Å². The van der Waals surface area contributed by atoms with Crippen LogP contribution in [0.15, 0.2) is 18.3 Å². The average Bonchev–Trinajstić information content (AvgIpc) is 3.35. The summed E-state index contributed by atoms with van der Waals surface area (Å²) < 4.78 is 22.4. The summed E-state index contributed by atoms with van der Waals surface area (Å²) in [4.78, 5) is 51.6. The summed E-state index contributed by atoms with van der Waals surface area (Å²) in [5, 5.41) is 8.20. The van der Waals surface area contributed by atoms with Crippen molar-refractivity contribution in [3.8, 4) is 0 Å². The number of aromatic nitrogens is 3.